The van der Waals surface area contributed by atoms with Gasteiger partial charge in [-0.2, -0.15) is 0 Å². The van der Waals surface area contributed by atoms with Crippen LogP contribution in [0.25, 0.3) is 0 Å². The highest BCUT2D eigenvalue weighted by Gasteiger charge is 2.10. The first-order valence-electron chi connectivity index (χ1n) is 6.61. The van der Waals surface area contributed by atoms with Crippen LogP contribution in [0, 0.1) is 12.7 Å². The van der Waals surface area contributed by atoms with Crippen molar-refractivity contribution in [1.82, 2.24) is 5.32 Å². The lowest BCUT2D eigenvalue weighted by atomic mass is 10.1. The average molecular weight is 251 g/mol. The van der Waals surface area contributed by atoms with Crippen LogP contribution in [0.2, 0.25) is 0 Å². The zero-order valence-electron chi connectivity index (χ0n) is 11.4. The van der Waals surface area contributed by atoms with Crippen LogP contribution < -0.4 is 5.32 Å². The Kier molecular flexibility index (Phi) is 5.83. The highest BCUT2D eigenvalue weighted by atomic mass is 19.1. The summed E-state index contributed by atoms with van der Waals surface area (Å²) in [6.07, 6.45) is 4.48. The highest BCUT2D eigenvalue weighted by molar-refractivity contribution is 5.94. The molecule has 1 aromatic carbocycles. The number of carbonyl (C=O) groups is 1. The fourth-order valence-electron chi connectivity index (χ4n) is 1.87. The average Bonchev–Trinajstić information content (AvgIpc) is 2.33. The van der Waals surface area contributed by atoms with Crippen LogP contribution in [-0.2, 0) is 0 Å². The summed E-state index contributed by atoms with van der Waals surface area (Å²) in [5.41, 5.74) is 1.03. The zero-order chi connectivity index (χ0) is 13.5. The Bertz CT molecular complexity index is 403. The van der Waals surface area contributed by atoms with Gasteiger partial charge in [-0.15, -0.1) is 0 Å². The molecule has 2 nitrogen and oxygen atoms in total. The molecule has 0 radical (unpaired) electrons. The van der Waals surface area contributed by atoms with Gasteiger partial charge in [0.15, 0.2) is 0 Å². The van der Waals surface area contributed by atoms with Crippen molar-refractivity contribution in [3.8, 4) is 0 Å². The monoisotopic (exact) mass is 251 g/mol. The van der Waals surface area contributed by atoms with Crippen molar-refractivity contribution < 1.29 is 9.18 Å². The third-order valence-corrected chi connectivity index (χ3v) is 3.04. The van der Waals surface area contributed by atoms with E-state index >= 15 is 0 Å². The Morgan fingerprint density at radius 2 is 2.11 bits per heavy atom. The number of aryl methyl sites for hydroxylation is 1. The fraction of sp³-hybridized carbons (Fsp3) is 0.533. The number of rotatable bonds is 6. The SMILES string of the molecule is CCCCCC(C)NC(=O)c1ccc(F)c(C)c1. The van der Waals surface area contributed by atoms with Crippen molar-refractivity contribution in [3.63, 3.8) is 0 Å². The molecule has 1 amide bonds. The topological polar surface area (TPSA) is 29.1 Å². The molecule has 0 saturated heterocycles. The Hall–Kier alpha value is -1.38. The van der Waals surface area contributed by atoms with Gasteiger partial charge in [0.1, 0.15) is 5.82 Å². The van der Waals surface area contributed by atoms with Gasteiger partial charge in [-0.1, -0.05) is 26.2 Å². The normalized spacial score (nSPS) is 12.2. The Morgan fingerprint density at radius 1 is 1.39 bits per heavy atom. The summed E-state index contributed by atoms with van der Waals surface area (Å²) < 4.78 is 13.1. The second-order valence-corrected chi connectivity index (χ2v) is 4.83. The second-order valence-electron chi connectivity index (χ2n) is 4.83. The van der Waals surface area contributed by atoms with E-state index < -0.39 is 0 Å². The first-order chi connectivity index (χ1) is 8.54. The molecule has 1 rings (SSSR count). The third-order valence-electron chi connectivity index (χ3n) is 3.04. The molecular weight excluding hydrogens is 229 g/mol. The summed E-state index contributed by atoms with van der Waals surface area (Å²) >= 11 is 0. The minimum atomic E-state index is -0.275. The van der Waals surface area contributed by atoms with Gasteiger partial charge >= 0.3 is 0 Å². The van der Waals surface area contributed by atoms with Gasteiger partial charge in [-0.25, -0.2) is 4.39 Å². The lowest BCUT2D eigenvalue weighted by Crippen LogP contribution is -2.32. The van der Waals surface area contributed by atoms with E-state index in [-0.39, 0.29) is 17.8 Å². The third kappa shape index (κ3) is 4.47. The van der Waals surface area contributed by atoms with E-state index in [1.54, 1.807) is 13.0 Å². The van der Waals surface area contributed by atoms with Gasteiger partial charge in [0.25, 0.3) is 5.91 Å². The van der Waals surface area contributed by atoms with Crippen LogP contribution in [0.3, 0.4) is 0 Å². The van der Waals surface area contributed by atoms with E-state index in [1.807, 2.05) is 6.92 Å². The predicted octanol–water partition coefficient (Wildman–Crippen LogP) is 3.83. The van der Waals surface area contributed by atoms with Gasteiger partial charge in [0, 0.05) is 11.6 Å². The maximum Gasteiger partial charge on any atom is 0.251 e. The van der Waals surface area contributed by atoms with Gasteiger partial charge in [0.2, 0.25) is 0 Å². The van der Waals surface area contributed by atoms with E-state index in [0.717, 1.165) is 12.8 Å². The standard InChI is InChI=1S/C15H22FNO/c1-4-5-6-7-12(3)17-15(18)13-8-9-14(16)11(2)10-13/h8-10,12H,4-7H2,1-3H3,(H,17,18). The summed E-state index contributed by atoms with van der Waals surface area (Å²) in [5, 5.41) is 2.94. The van der Waals surface area contributed by atoms with Gasteiger partial charge in [-0.05, 0) is 44.0 Å². The molecule has 100 valence electrons. The lowest BCUT2D eigenvalue weighted by molar-refractivity contribution is 0.0938. The zero-order valence-corrected chi connectivity index (χ0v) is 11.4. The van der Waals surface area contributed by atoms with Crippen LogP contribution in [0.1, 0.15) is 55.5 Å². The number of benzene rings is 1. The second kappa shape index (κ2) is 7.14. The molecule has 1 atom stereocenters. The molecule has 3 heteroatoms. The molecule has 0 saturated carbocycles. The number of unbranched alkanes of at least 4 members (excludes halogenated alkanes) is 2. The van der Waals surface area contributed by atoms with E-state index in [9.17, 15) is 9.18 Å². The molecule has 1 unspecified atom stereocenters. The molecule has 1 aromatic rings. The van der Waals surface area contributed by atoms with Gasteiger partial charge in [-0.3, -0.25) is 4.79 Å². The first-order valence-corrected chi connectivity index (χ1v) is 6.61. The first kappa shape index (κ1) is 14.7. The van der Waals surface area contributed by atoms with Crippen LogP contribution in [0.5, 0.6) is 0 Å². The summed E-state index contributed by atoms with van der Waals surface area (Å²) in [6.45, 7) is 5.82. The lowest BCUT2D eigenvalue weighted by Gasteiger charge is -2.14. The van der Waals surface area contributed by atoms with Crippen molar-refractivity contribution in [2.45, 2.75) is 52.5 Å². The largest absolute Gasteiger partial charge is 0.350 e. The summed E-state index contributed by atoms with van der Waals surface area (Å²) in [4.78, 5) is 11.9. The fourth-order valence-corrected chi connectivity index (χ4v) is 1.87. The quantitative estimate of drug-likeness (QED) is 0.765. The van der Waals surface area contributed by atoms with E-state index in [2.05, 4.69) is 12.2 Å². The summed E-state index contributed by atoms with van der Waals surface area (Å²) in [6, 6.07) is 4.61. The van der Waals surface area contributed by atoms with Gasteiger partial charge in [0.05, 0.1) is 0 Å². The van der Waals surface area contributed by atoms with Crippen LogP contribution in [-0.4, -0.2) is 11.9 Å². The molecule has 0 spiro atoms. The van der Waals surface area contributed by atoms with Gasteiger partial charge < -0.3 is 5.32 Å². The highest BCUT2D eigenvalue weighted by Crippen LogP contribution is 2.10. The number of carbonyl (C=O) groups excluding carboxylic acids is 1. The summed E-state index contributed by atoms with van der Waals surface area (Å²) in [7, 11) is 0. The molecule has 18 heavy (non-hydrogen) atoms. The maximum absolute atomic E-state index is 13.1. The molecule has 0 aliphatic rings. The number of halogens is 1. The maximum atomic E-state index is 13.1. The number of amides is 1. The van der Waals surface area contributed by atoms with Crippen molar-refractivity contribution in [1.29, 1.82) is 0 Å². The molecule has 0 aliphatic heterocycles. The molecular formula is C15H22FNO. The van der Waals surface area contributed by atoms with Crippen molar-refractivity contribution in [3.05, 3.63) is 35.1 Å². The molecule has 1 N–H and O–H groups in total. The molecule has 0 fully saturated rings. The number of nitrogens with one attached hydrogen (secondary N) is 1. The Morgan fingerprint density at radius 3 is 2.72 bits per heavy atom. The van der Waals surface area contributed by atoms with Crippen LogP contribution >= 0.6 is 0 Å². The predicted molar refractivity (Wildman–Crippen MR) is 72.2 cm³/mol. The number of hydrogen-bond acceptors (Lipinski definition) is 1. The van der Waals surface area contributed by atoms with E-state index in [0.29, 0.717) is 11.1 Å². The van der Waals surface area contributed by atoms with Crippen molar-refractivity contribution >= 4 is 5.91 Å². The minimum Gasteiger partial charge on any atom is -0.350 e. The Balaban J connectivity index is 2.51. The molecule has 0 heterocycles. The minimum absolute atomic E-state index is 0.123. The van der Waals surface area contributed by atoms with Crippen molar-refractivity contribution in [2.75, 3.05) is 0 Å². The van der Waals surface area contributed by atoms with E-state index in [1.165, 1.54) is 25.0 Å². The smallest absolute Gasteiger partial charge is 0.251 e. The molecule has 0 bridgehead atoms. The number of hydrogen-bond donors (Lipinski definition) is 1. The van der Waals surface area contributed by atoms with Crippen LogP contribution in [0.15, 0.2) is 18.2 Å². The van der Waals surface area contributed by atoms with E-state index in [4.69, 9.17) is 0 Å². The molecule has 0 aromatic heterocycles. The van der Waals surface area contributed by atoms with Crippen molar-refractivity contribution in [2.24, 2.45) is 0 Å². The Labute approximate surface area is 109 Å². The molecule has 0 aliphatic carbocycles. The summed E-state index contributed by atoms with van der Waals surface area (Å²) in [5.74, 6) is -0.398. The van der Waals surface area contributed by atoms with Crippen LogP contribution in [0.4, 0.5) is 4.39 Å².